The maximum Gasteiger partial charge on any atom is 0.339 e. The quantitative estimate of drug-likeness (QED) is 0.806. The van der Waals surface area contributed by atoms with E-state index in [1.807, 2.05) is 6.92 Å². The first-order valence-corrected chi connectivity index (χ1v) is 5.01. The molecule has 0 aliphatic carbocycles. The zero-order valence-electron chi connectivity index (χ0n) is 8.66. The van der Waals surface area contributed by atoms with E-state index in [-0.39, 0.29) is 0 Å². The first kappa shape index (κ1) is 12.0. The molecule has 0 bridgehead atoms. The lowest BCUT2D eigenvalue weighted by molar-refractivity contribution is -0.150. The van der Waals surface area contributed by atoms with Gasteiger partial charge >= 0.3 is 5.97 Å². The highest BCUT2D eigenvalue weighted by molar-refractivity contribution is 6.30. The predicted molar refractivity (Wildman–Crippen MR) is 57.8 cm³/mol. The molecule has 0 amide bonds. The van der Waals surface area contributed by atoms with Crippen molar-refractivity contribution in [1.29, 1.82) is 0 Å². The van der Waals surface area contributed by atoms with E-state index < -0.39 is 12.1 Å². The van der Waals surface area contributed by atoms with E-state index in [0.29, 0.717) is 10.6 Å². The molecular weight excluding hydrogens is 216 g/mol. The van der Waals surface area contributed by atoms with Crippen molar-refractivity contribution in [3.8, 4) is 0 Å². The fourth-order valence-electron chi connectivity index (χ4n) is 1.29. The van der Waals surface area contributed by atoms with E-state index in [9.17, 15) is 9.90 Å². The summed E-state index contributed by atoms with van der Waals surface area (Å²) in [6.45, 7) is 1.97. The largest absolute Gasteiger partial charge is 0.467 e. The van der Waals surface area contributed by atoms with Gasteiger partial charge < -0.3 is 9.84 Å². The van der Waals surface area contributed by atoms with E-state index in [1.165, 1.54) is 7.11 Å². The number of aliphatic hydroxyl groups is 1. The third kappa shape index (κ3) is 2.94. The molecule has 0 aliphatic rings. The summed E-state index contributed by atoms with van der Waals surface area (Å²) < 4.78 is 4.45. The van der Waals surface area contributed by atoms with Gasteiger partial charge in [0, 0.05) is 5.02 Å². The Hall–Kier alpha value is -1.06. The molecule has 0 aromatic heterocycles. The van der Waals surface area contributed by atoms with Crippen LogP contribution in [0.25, 0.3) is 0 Å². The standard InChI is InChI=1S/C11H13ClO3/c1-3-7-4-8(6-9(12)5-7)10(13)11(14)15-2/h4-6,10,13H,3H2,1-2H3. The van der Waals surface area contributed by atoms with E-state index in [0.717, 1.165) is 12.0 Å². The van der Waals surface area contributed by atoms with Crippen LogP contribution in [-0.4, -0.2) is 18.2 Å². The van der Waals surface area contributed by atoms with Crippen molar-refractivity contribution >= 4 is 17.6 Å². The monoisotopic (exact) mass is 228 g/mol. The van der Waals surface area contributed by atoms with Crippen molar-refractivity contribution in [1.82, 2.24) is 0 Å². The topological polar surface area (TPSA) is 46.5 Å². The highest BCUT2D eigenvalue weighted by Gasteiger charge is 2.18. The molecule has 1 rings (SSSR count). The van der Waals surface area contributed by atoms with Crippen LogP contribution in [0.1, 0.15) is 24.2 Å². The van der Waals surface area contributed by atoms with Gasteiger partial charge in [0.25, 0.3) is 0 Å². The van der Waals surface area contributed by atoms with Gasteiger partial charge in [-0.2, -0.15) is 0 Å². The van der Waals surface area contributed by atoms with E-state index in [1.54, 1.807) is 18.2 Å². The molecule has 15 heavy (non-hydrogen) atoms. The second-order valence-corrected chi connectivity index (χ2v) is 3.61. The van der Waals surface area contributed by atoms with Gasteiger partial charge in [-0.1, -0.05) is 24.6 Å². The van der Waals surface area contributed by atoms with Crippen molar-refractivity contribution in [3.05, 3.63) is 34.3 Å². The number of hydrogen-bond donors (Lipinski definition) is 1. The number of aryl methyl sites for hydroxylation is 1. The highest BCUT2D eigenvalue weighted by atomic mass is 35.5. The SMILES string of the molecule is CCc1cc(Cl)cc(C(O)C(=O)OC)c1. The number of hydrogen-bond acceptors (Lipinski definition) is 3. The maximum absolute atomic E-state index is 11.1. The molecule has 0 spiro atoms. The Morgan fingerprint density at radius 1 is 1.53 bits per heavy atom. The van der Waals surface area contributed by atoms with Crippen molar-refractivity contribution in [2.45, 2.75) is 19.4 Å². The molecule has 0 heterocycles. The number of carbonyl (C=O) groups is 1. The second kappa shape index (κ2) is 5.14. The minimum Gasteiger partial charge on any atom is -0.467 e. The Labute approximate surface area is 93.6 Å². The minimum atomic E-state index is -1.26. The van der Waals surface area contributed by atoms with Crippen LogP contribution in [0.3, 0.4) is 0 Å². The number of methoxy groups -OCH3 is 1. The summed E-state index contributed by atoms with van der Waals surface area (Å²) in [5.41, 5.74) is 1.44. The lowest BCUT2D eigenvalue weighted by Crippen LogP contribution is -2.13. The summed E-state index contributed by atoms with van der Waals surface area (Å²) in [4.78, 5) is 11.1. The third-order valence-electron chi connectivity index (χ3n) is 2.13. The van der Waals surface area contributed by atoms with Crippen LogP contribution < -0.4 is 0 Å². The Morgan fingerprint density at radius 3 is 2.73 bits per heavy atom. The van der Waals surface area contributed by atoms with Crippen molar-refractivity contribution in [2.24, 2.45) is 0 Å². The van der Waals surface area contributed by atoms with Crippen LogP contribution in [0, 0.1) is 0 Å². The average molecular weight is 229 g/mol. The average Bonchev–Trinajstić information content (AvgIpc) is 2.26. The van der Waals surface area contributed by atoms with Crippen LogP contribution in [0.5, 0.6) is 0 Å². The van der Waals surface area contributed by atoms with Crippen LogP contribution in [0.15, 0.2) is 18.2 Å². The first-order chi connectivity index (χ1) is 7.08. The number of carbonyl (C=O) groups excluding carboxylic acids is 1. The van der Waals surface area contributed by atoms with Gasteiger partial charge in [0.15, 0.2) is 6.10 Å². The third-order valence-corrected chi connectivity index (χ3v) is 2.35. The van der Waals surface area contributed by atoms with E-state index in [2.05, 4.69) is 4.74 Å². The Bertz CT molecular complexity index is 363. The molecule has 1 N–H and O–H groups in total. The van der Waals surface area contributed by atoms with Gasteiger partial charge in [-0.15, -0.1) is 0 Å². The summed E-state index contributed by atoms with van der Waals surface area (Å²) in [5, 5.41) is 10.1. The fourth-order valence-corrected chi connectivity index (χ4v) is 1.55. The number of halogens is 1. The van der Waals surface area contributed by atoms with Crippen molar-refractivity contribution in [2.75, 3.05) is 7.11 Å². The molecule has 4 heteroatoms. The molecule has 82 valence electrons. The summed E-state index contributed by atoms with van der Waals surface area (Å²) in [5.74, 6) is -0.681. The highest BCUT2D eigenvalue weighted by Crippen LogP contribution is 2.21. The molecule has 0 fully saturated rings. The smallest absolute Gasteiger partial charge is 0.339 e. The Balaban J connectivity index is 3.03. The molecule has 1 unspecified atom stereocenters. The molecule has 3 nitrogen and oxygen atoms in total. The van der Waals surface area contributed by atoms with Gasteiger partial charge in [0.05, 0.1) is 7.11 Å². The van der Waals surface area contributed by atoms with Crippen molar-refractivity contribution in [3.63, 3.8) is 0 Å². The van der Waals surface area contributed by atoms with Crippen molar-refractivity contribution < 1.29 is 14.6 Å². The molecule has 1 aromatic rings. The van der Waals surface area contributed by atoms with E-state index in [4.69, 9.17) is 11.6 Å². The molecule has 0 aliphatic heterocycles. The molecule has 0 saturated heterocycles. The van der Waals surface area contributed by atoms with Crippen LogP contribution in [0.4, 0.5) is 0 Å². The zero-order chi connectivity index (χ0) is 11.4. The summed E-state index contributed by atoms with van der Waals surface area (Å²) in [7, 11) is 1.23. The zero-order valence-corrected chi connectivity index (χ0v) is 9.41. The van der Waals surface area contributed by atoms with Crippen LogP contribution in [-0.2, 0) is 16.0 Å². The van der Waals surface area contributed by atoms with Gasteiger partial charge in [-0.05, 0) is 29.7 Å². The Kier molecular flexibility index (Phi) is 4.12. The maximum atomic E-state index is 11.1. The molecule has 0 radical (unpaired) electrons. The molecular formula is C11H13ClO3. The lowest BCUT2D eigenvalue weighted by Gasteiger charge is -2.10. The summed E-state index contributed by atoms with van der Waals surface area (Å²) in [6, 6.07) is 5.10. The number of rotatable bonds is 3. The number of ether oxygens (including phenoxy) is 1. The van der Waals surface area contributed by atoms with Gasteiger partial charge in [0.2, 0.25) is 0 Å². The molecule has 1 aromatic carbocycles. The van der Waals surface area contributed by atoms with Gasteiger partial charge in [0.1, 0.15) is 0 Å². The van der Waals surface area contributed by atoms with E-state index >= 15 is 0 Å². The molecule has 1 atom stereocenters. The van der Waals surface area contributed by atoms with Crippen LogP contribution in [0.2, 0.25) is 5.02 Å². The van der Waals surface area contributed by atoms with Gasteiger partial charge in [-0.3, -0.25) is 0 Å². The normalized spacial score (nSPS) is 12.3. The number of esters is 1. The van der Waals surface area contributed by atoms with Crippen LogP contribution >= 0.6 is 11.6 Å². The first-order valence-electron chi connectivity index (χ1n) is 4.63. The fraction of sp³-hybridized carbons (Fsp3) is 0.364. The summed E-state index contributed by atoms with van der Waals surface area (Å²) >= 11 is 5.86. The lowest BCUT2D eigenvalue weighted by atomic mass is 10.0. The second-order valence-electron chi connectivity index (χ2n) is 3.17. The summed E-state index contributed by atoms with van der Waals surface area (Å²) in [6.07, 6.45) is -0.472. The number of benzene rings is 1. The Morgan fingerprint density at radius 2 is 2.20 bits per heavy atom. The number of aliphatic hydroxyl groups excluding tert-OH is 1. The predicted octanol–water partition coefficient (Wildman–Crippen LogP) is 2.11. The van der Waals surface area contributed by atoms with Gasteiger partial charge in [-0.25, -0.2) is 4.79 Å². The minimum absolute atomic E-state index is 0.464. The molecule has 0 saturated carbocycles.